The van der Waals surface area contributed by atoms with Crippen LogP contribution in [0.1, 0.15) is 27.9 Å². The number of nitrogens with zero attached hydrogens (tertiary/aromatic N) is 3. The molecule has 41 heavy (non-hydrogen) atoms. The molecule has 1 aliphatic carbocycles. The Balaban J connectivity index is 1.51. The number of pyridine rings is 1. The van der Waals surface area contributed by atoms with Crippen molar-refractivity contribution in [3.05, 3.63) is 100 Å². The van der Waals surface area contributed by atoms with Crippen LogP contribution in [0.15, 0.2) is 78.1 Å². The molecule has 9 nitrogen and oxygen atoms in total. The van der Waals surface area contributed by atoms with Gasteiger partial charge in [-0.1, -0.05) is 30.3 Å². The lowest BCUT2D eigenvalue weighted by molar-refractivity contribution is 0.104. The molecule has 0 spiro atoms. The summed E-state index contributed by atoms with van der Waals surface area (Å²) in [6, 6.07) is 16.6. The number of fused-ring (bicyclic) bond motifs is 5. The van der Waals surface area contributed by atoms with E-state index >= 15 is 0 Å². The van der Waals surface area contributed by atoms with Crippen LogP contribution in [-0.4, -0.2) is 41.2 Å². The van der Waals surface area contributed by atoms with Gasteiger partial charge in [-0.3, -0.25) is 9.59 Å². The van der Waals surface area contributed by atoms with Gasteiger partial charge < -0.3 is 28.1 Å². The number of hydrogen-bond donors (Lipinski definition) is 0. The molecule has 0 unspecified atom stereocenters. The Morgan fingerprint density at radius 1 is 0.780 bits per heavy atom. The molecule has 0 N–H and O–H groups in total. The Kier molecular flexibility index (Phi) is 6.93. The van der Waals surface area contributed by atoms with E-state index in [1.807, 2.05) is 41.1 Å². The maximum absolute atomic E-state index is 14.1. The van der Waals surface area contributed by atoms with Crippen LogP contribution >= 0.6 is 0 Å². The normalized spacial score (nSPS) is 11.8. The second-order valence-electron chi connectivity index (χ2n) is 9.74. The summed E-state index contributed by atoms with van der Waals surface area (Å²) in [6.45, 7) is 1.38. The Labute approximate surface area is 236 Å². The number of hydrogen-bond acceptors (Lipinski definition) is 7. The van der Waals surface area contributed by atoms with Crippen molar-refractivity contribution >= 4 is 16.6 Å². The third-order valence-electron chi connectivity index (χ3n) is 7.40. The van der Waals surface area contributed by atoms with Crippen LogP contribution in [0.25, 0.3) is 22.0 Å². The van der Waals surface area contributed by atoms with Crippen molar-refractivity contribution in [1.29, 1.82) is 0 Å². The molecular formula is C32H29N3O6. The van der Waals surface area contributed by atoms with Gasteiger partial charge >= 0.3 is 0 Å². The lowest BCUT2D eigenvalue weighted by Gasteiger charge is -2.17. The average molecular weight is 552 g/mol. The first-order chi connectivity index (χ1) is 20.0. The molecule has 0 radical (unpaired) electrons. The fourth-order valence-electron chi connectivity index (χ4n) is 5.41. The lowest BCUT2D eigenvalue weighted by Crippen LogP contribution is -2.24. The van der Waals surface area contributed by atoms with Gasteiger partial charge in [0.15, 0.2) is 28.8 Å². The number of aromatic nitrogens is 3. The highest BCUT2D eigenvalue weighted by Crippen LogP contribution is 2.46. The van der Waals surface area contributed by atoms with Crippen LogP contribution in [0.5, 0.6) is 23.0 Å². The van der Waals surface area contributed by atoms with Crippen LogP contribution in [0.2, 0.25) is 0 Å². The Morgan fingerprint density at radius 3 is 2.15 bits per heavy atom. The van der Waals surface area contributed by atoms with E-state index in [0.717, 1.165) is 5.56 Å². The molecule has 0 bridgehead atoms. The number of imidazole rings is 1. The third kappa shape index (κ3) is 4.59. The molecule has 6 rings (SSSR count). The van der Waals surface area contributed by atoms with Crippen LogP contribution in [0.3, 0.4) is 0 Å². The van der Waals surface area contributed by atoms with Gasteiger partial charge in [0.2, 0.25) is 0 Å². The quantitative estimate of drug-likeness (QED) is 0.234. The zero-order valence-electron chi connectivity index (χ0n) is 23.0. The van der Waals surface area contributed by atoms with Crippen molar-refractivity contribution in [1.82, 2.24) is 14.1 Å². The maximum atomic E-state index is 14.1. The SMILES string of the molecule is COc1cc2c3c(n(CCCn4ccnc4)c(=O)c2cc1OC)-c1cc(OC)c(OCc2ccccc2)cc1C3=O. The Hall–Kier alpha value is -5.05. The lowest BCUT2D eigenvalue weighted by atomic mass is 10.0. The number of aryl methyl sites for hydroxylation is 1. The zero-order valence-corrected chi connectivity index (χ0v) is 23.0. The maximum Gasteiger partial charge on any atom is 0.259 e. The van der Waals surface area contributed by atoms with Crippen molar-refractivity contribution in [3.8, 4) is 34.3 Å². The highest BCUT2D eigenvalue weighted by Gasteiger charge is 2.35. The van der Waals surface area contributed by atoms with Gasteiger partial charge in [-0.15, -0.1) is 0 Å². The molecule has 2 aromatic heterocycles. The molecular weight excluding hydrogens is 522 g/mol. The van der Waals surface area contributed by atoms with Gasteiger partial charge in [0, 0.05) is 42.0 Å². The highest BCUT2D eigenvalue weighted by molar-refractivity contribution is 6.27. The molecule has 9 heteroatoms. The number of benzene rings is 3. The minimum Gasteiger partial charge on any atom is -0.493 e. The number of ether oxygens (including phenoxy) is 4. The van der Waals surface area contributed by atoms with E-state index in [9.17, 15) is 9.59 Å². The molecule has 0 saturated carbocycles. The van der Waals surface area contributed by atoms with Crippen LogP contribution in [0.4, 0.5) is 0 Å². The van der Waals surface area contributed by atoms with E-state index < -0.39 is 0 Å². The van der Waals surface area contributed by atoms with Crippen LogP contribution in [-0.2, 0) is 19.7 Å². The first kappa shape index (κ1) is 26.2. The van der Waals surface area contributed by atoms with Crippen LogP contribution < -0.4 is 24.5 Å². The first-order valence-electron chi connectivity index (χ1n) is 13.3. The highest BCUT2D eigenvalue weighted by atomic mass is 16.5. The van der Waals surface area contributed by atoms with Gasteiger partial charge in [-0.05, 0) is 36.2 Å². The first-order valence-corrected chi connectivity index (χ1v) is 13.3. The molecule has 5 aromatic rings. The van der Waals surface area contributed by atoms with E-state index in [2.05, 4.69) is 4.98 Å². The monoisotopic (exact) mass is 551 g/mol. The average Bonchev–Trinajstić information content (AvgIpc) is 3.63. The van der Waals surface area contributed by atoms with Gasteiger partial charge in [-0.25, -0.2) is 4.98 Å². The summed E-state index contributed by atoms with van der Waals surface area (Å²) >= 11 is 0. The topological polar surface area (TPSA) is 93.8 Å². The fourth-order valence-corrected chi connectivity index (χ4v) is 5.41. The molecule has 0 atom stereocenters. The summed E-state index contributed by atoms with van der Waals surface area (Å²) in [5, 5.41) is 0.901. The molecule has 3 aromatic carbocycles. The molecule has 0 fully saturated rings. The minimum absolute atomic E-state index is 0.192. The summed E-state index contributed by atoms with van der Waals surface area (Å²) < 4.78 is 26.5. The number of carbonyl (C=O) groups excluding carboxylic acids is 1. The van der Waals surface area contributed by atoms with Crippen molar-refractivity contribution in [2.75, 3.05) is 21.3 Å². The molecule has 0 amide bonds. The molecule has 208 valence electrons. The second kappa shape index (κ2) is 10.8. The van der Waals surface area contributed by atoms with Gasteiger partial charge in [0.25, 0.3) is 5.56 Å². The van der Waals surface area contributed by atoms with E-state index in [-0.39, 0.29) is 11.3 Å². The van der Waals surface area contributed by atoms with Gasteiger partial charge in [-0.2, -0.15) is 0 Å². The number of rotatable bonds is 10. The van der Waals surface area contributed by atoms with E-state index in [0.29, 0.717) is 82.3 Å². The van der Waals surface area contributed by atoms with Crippen molar-refractivity contribution in [3.63, 3.8) is 0 Å². The summed E-state index contributed by atoms with van der Waals surface area (Å²) in [5.41, 5.74) is 2.87. The van der Waals surface area contributed by atoms with Crippen molar-refractivity contribution in [2.24, 2.45) is 0 Å². The molecule has 0 saturated heterocycles. The van der Waals surface area contributed by atoms with Crippen molar-refractivity contribution < 1.29 is 23.7 Å². The zero-order chi connectivity index (χ0) is 28.5. The van der Waals surface area contributed by atoms with Crippen LogP contribution in [0, 0.1) is 0 Å². The predicted octanol–water partition coefficient (Wildman–Crippen LogP) is 5.10. The second-order valence-corrected chi connectivity index (χ2v) is 9.74. The van der Waals surface area contributed by atoms with E-state index in [1.165, 1.54) is 14.2 Å². The molecule has 1 aliphatic rings. The standard InChI is InChI=1S/C32H29N3O6/c1-38-25-14-21-24(17-26(25)39-2)32(37)35(12-7-11-34-13-10-33-19-34)30-22-15-27(40-3)28(16-23(22)31(36)29(21)30)41-18-20-8-5-4-6-9-20/h4-6,8-10,13-17,19H,7,11-12,18H2,1-3H3. The third-order valence-corrected chi connectivity index (χ3v) is 7.40. The van der Waals surface area contributed by atoms with E-state index in [4.69, 9.17) is 18.9 Å². The minimum atomic E-state index is -0.214. The van der Waals surface area contributed by atoms with Gasteiger partial charge in [0.1, 0.15) is 6.61 Å². The summed E-state index contributed by atoms with van der Waals surface area (Å²) in [5.74, 6) is 1.60. The molecule has 0 aliphatic heterocycles. The summed E-state index contributed by atoms with van der Waals surface area (Å²) in [4.78, 5) is 32.2. The van der Waals surface area contributed by atoms with Gasteiger partial charge in [0.05, 0.1) is 44.3 Å². The van der Waals surface area contributed by atoms with Crippen molar-refractivity contribution in [2.45, 2.75) is 26.1 Å². The number of ketones is 1. The number of methoxy groups -OCH3 is 3. The Bertz CT molecular complexity index is 1810. The Morgan fingerprint density at radius 2 is 1.46 bits per heavy atom. The fraction of sp³-hybridized carbons (Fsp3) is 0.219. The van der Waals surface area contributed by atoms with E-state index in [1.54, 1.807) is 48.5 Å². The smallest absolute Gasteiger partial charge is 0.259 e. The number of carbonyl (C=O) groups is 1. The summed E-state index contributed by atoms with van der Waals surface area (Å²) in [6.07, 6.45) is 6.00. The predicted molar refractivity (Wildman–Crippen MR) is 154 cm³/mol. The molecule has 2 heterocycles. The largest absolute Gasteiger partial charge is 0.493 e. The summed E-state index contributed by atoms with van der Waals surface area (Å²) in [7, 11) is 4.61.